The molecule has 11 heteroatoms. The maximum atomic E-state index is 13.0. The molecule has 2 aliphatic rings. The summed E-state index contributed by atoms with van der Waals surface area (Å²) in [6.07, 6.45) is 1.64. The van der Waals surface area contributed by atoms with E-state index < -0.39 is 0 Å². The number of nitrogens with one attached hydrogen (secondary N) is 1. The molecule has 1 N–H and O–H groups in total. The average molecular weight is 533 g/mol. The second kappa shape index (κ2) is 14.4. The van der Waals surface area contributed by atoms with Crippen LogP contribution in [0.4, 0.5) is 11.4 Å². The number of hydrogen-bond acceptors (Lipinski definition) is 9. The molecule has 2 fully saturated rings. The lowest BCUT2D eigenvalue weighted by Gasteiger charge is -2.31. The molecule has 0 unspecified atom stereocenters. The van der Waals surface area contributed by atoms with Gasteiger partial charge in [-0.05, 0) is 25.0 Å². The minimum absolute atomic E-state index is 0.00604. The first-order chi connectivity index (χ1) is 18.2. The standard InChI is InChI=1S/C26H36N4O6S/c1-33-14-15-35-16-17-36-18-24(31)30-8-6-20(7-9-30)26-28-22(19-37-26)25(32)27-21-4-2-3-5-23(21)29-10-12-34-13-11-29/h2-5,19-20H,6-18H2,1H3,(H,27,32). The number of ether oxygens (including phenoxy) is 4. The Morgan fingerprint density at radius 2 is 1.78 bits per heavy atom. The second-order valence-electron chi connectivity index (χ2n) is 8.95. The van der Waals surface area contributed by atoms with Gasteiger partial charge in [0.15, 0.2) is 0 Å². The van der Waals surface area contributed by atoms with E-state index in [0.717, 1.165) is 42.3 Å². The molecular weight excluding hydrogens is 496 g/mol. The Balaban J connectivity index is 1.22. The lowest BCUT2D eigenvalue weighted by atomic mass is 9.97. The molecular formula is C26H36N4O6S. The zero-order valence-corrected chi connectivity index (χ0v) is 22.2. The molecule has 0 radical (unpaired) electrons. The van der Waals surface area contributed by atoms with Crippen LogP contribution < -0.4 is 10.2 Å². The van der Waals surface area contributed by atoms with E-state index in [1.807, 2.05) is 34.5 Å². The number of morpholine rings is 1. The number of piperidine rings is 1. The first kappa shape index (κ1) is 27.5. The Morgan fingerprint density at radius 1 is 1.05 bits per heavy atom. The molecule has 1 aromatic heterocycles. The molecule has 0 aliphatic carbocycles. The summed E-state index contributed by atoms with van der Waals surface area (Å²) < 4.78 is 21.1. The number of benzene rings is 1. The molecule has 0 atom stereocenters. The number of carbonyl (C=O) groups excluding carboxylic acids is 2. The smallest absolute Gasteiger partial charge is 0.275 e. The van der Waals surface area contributed by atoms with E-state index in [1.165, 1.54) is 11.3 Å². The summed E-state index contributed by atoms with van der Waals surface area (Å²) in [6, 6.07) is 7.83. The highest BCUT2D eigenvalue weighted by molar-refractivity contribution is 7.10. The van der Waals surface area contributed by atoms with Crippen LogP contribution in [0, 0.1) is 0 Å². The summed E-state index contributed by atoms with van der Waals surface area (Å²) in [4.78, 5) is 34.2. The van der Waals surface area contributed by atoms with Crippen LogP contribution in [0.3, 0.4) is 0 Å². The lowest BCUT2D eigenvalue weighted by Crippen LogP contribution is -2.40. The number of nitrogens with zero attached hydrogens (tertiary/aromatic N) is 3. The van der Waals surface area contributed by atoms with Gasteiger partial charge in [-0.3, -0.25) is 9.59 Å². The third-order valence-corrected chi connectivity index (χ3v) is 7.49. The maximum Gasteiger partial charge on any atom is 0.275 e. The third kappa shape index (κ3) is 7.96. The zero-order valence-electron chi connectivity index (χ0n) is 21.4. The van der Waals surface area contributed by atoms with Gasteiger partial charge in [-0.1, -0.05) is 12.1 Å². The number of aromatic nitrogens is 1. The van der Waals surface area contributed by atoms with Gasteiger partial charge >= 0.3 is 0 Å². The normalized spacial score (nSPS) is 16.7. The minimum Gasteiger partial charge on any atom is -0.382 e. The lowest BCUT2D eigenvalue weighted by molar-refractivity contribution is -0.137. The molecule has 0 bridgehead atoms. The second-order valence-corrected chi connectivity index (χ2v) is 9.84. The highest BCUT2D eigenvalue weighted by Crippen LogP contribution is 2.31. The van der Waals surface area contributed by atoms with Crippen molar-refractivity contribution in [2.24, 2.45) is 0 Å². The van der Waals surface area contributed by atoms with Crippen molar-refractivity contribution < 1.29 is 28.5 Å². The Labute approximate surface area is 221 Å². The number of carbonyl (C=O) groups is 2. The molecule has 10 nitrogen and oxygen atoms in total. The van der Waals surface area contributed by atoms with Crippen molar-refractivity contribution in [1.29, 1.82) is 0 Å². The molecule has 1 aromatic carbocycles. The van der Waals surface area contributed by atoms with Crippen LogP contribution in [0.5, 0.6) is 0 Å². The van der Waals surface area contributed by atoms with Crippen molar-refractivity contribution in [2.45, 2.75) is 18.8 Å². The van der Waals surface area contributed by atoms with Gasteiger partial charge in [0.05, 0.1) is 56.0 Å². The summed E-state index contributed by atoms with van der Waals surface area (Å²) in [6.45, 7) is 6.21. The molecule has 202 valence electrons. The molecule has 0 spiro atoms. The fourth-order valence-electron chi connectivity index (χ4n) is 4.41. The van der Waals surface area contributed by atoms with Gasteiger partial charge in [-0.25, -0.2) is 4.98 Å². The van der Waals surface area contributed by atoms with E-state index in [9.17, 15) is 9.59 Å². The van der Waals surface area contributed by atoms with Crippen molar-refractivity contribution in [3.05, 3.63) is 40.3 Å². The molecule has 3 heterocycles. The van der Waals surface area contributed by atoms with E-state index in [-0.39, 0.29) is 24.3 Å². The Bertz CT molecular complexity index is 1000. The molecule has 2 aliphatic heterocycles. The molecule has 4 rings (SSSR count). The predicted octanol–water partition coefficient (Wildman–Crippen LogP) is 2.62. The van der Waals surface area contributed by atoms with Crippen LogP contribution in [0.15, 0.2) is 29.6 Å². The largest absolute Gasteiger partial charge is 0.382 e. The first-order valence-electron chi connectivity index (χ1n) is 12.8. The van der Waals surface area contributed by atoms with Crippen LogP contribution in [0.25, 0.3) is 0 Å². The Kier molecular flexibility index (Phi) is 10.7. The van der Waals surface area contributed by atoms with Crippen LogP contribution in [-0.4, -0.2) is 101 Å². The highest BCUT2D eigenvalue weighted by Gasteiger charge is 2.26. The molecule has 37 heavy (non-hydrogen) atoms. The van der Waals surface area contributed by atoms with Crippen LogP contribution >= 0.6 is 11.3 Å². The number of hydrogen-bond donors (Lipinski definition) is 1. The molecule has 2 aromatic rings. The van der Waals surface area contributed by atoms with Gasteiger partial charge in [0.2, 0.25) is 5.91 Å². The third-order valence-electron chi connectivity index (χ3n) is 6.48. The number of anilines is 2. The van der Waals surface area contributed by atoms with E-state index >= 15 is 0 Å². The van der Waals surface area contributed by atoms with Crippen LogP contribution in [0.1, 0.15) is 34.3 Å². The molecule has 2 saturated heterocycles. The maximum absolute atomic E-state index is 13.0. The summed E-state index contributed by atoms with van der Waals surface area (Å²) >= 11 is 1.51. The summed E-state index contributed by atoms with van der Waals surface area (Å²) in [5.41, 5.74) is 2.20. The quantitative estimate of drug-likeness (QED) is 0.416. The van der Waals surface area contributed by atoms with E-state index in [0.29, 0.717) is 58.4 Å². The highest BCUT2D eigenvalue weighted by atomic mass is 32.1. The molecule has 0 saturated carbocycles. The minimum atomic E-state index is -0.209. The topological polar surface area (TPSA) is 102 Å². The summed E-state index contributed by atoms with van der Waals surface area (Å²) in [5, 5.41) is 5.81. The predicted molar refractivity (Wildman–Crippen MR) is 142 cm³/mol. The van der Waals surface area contributed by atoms with Gasteiger partial charge in [0.25, 0.3) is 5.91 Å². The summed E-state index contributed by atoms with van der Waals surface area (Å²) in [5.74, 6) is 0.0268. The van der Waals surface area contributed by atoms with Crippen molar-refractivity contribution in [2.75, 3.05) is 89.8 Å². The number of thiazole rings is 1. The van der Waals surface area contributed by atoms with E-state index in [4.69, 9.17) is 18.9 Å². The Morgan fingerprint density at radius 3 is 2.57 bits per heavy atom. The zero-order chi connectivity index (χ0) is 25.9. The van der Waals surface area contributed by atoms with Gasteiger partial charge in [0.1, 0.15) is 12.3 Å². The average Bonchev–Trinajstić information content (AvgIpc) is 3.44. The summed E-state index contributed by atoms with van der Waals surface area (Å²) in [7, 11) is 1.62. The fraction of sp³-hybridized carbons (Fsp3) is 0.577. The van der Waals surface area contributed by atoms with Crippen molar-refractivity contribution in [3.8, 4) is 0 Å². The van der Waals surface area contributed by atoms with Gasteiger partial charge in [0, 0.05) is 44.6 Å². The number of amides is 2. The van der Waals surface area contributed by atoms with Gasteiger partial charge in [-0.2, -0.15) is 0 Å². The van der Waals surface area contributed by atoms with Gasteiger partial charge < -0.3 is 34.1 Å². The number of methoxy groups -OCH3 is 1. The van der Waals surface area contributed by atoms with Crippen molar-refractivity contribution >= 4 is 34.5 Å². The Hall–Kier alpha value is -2.57. The fourth-order valence-corrected chi connectivity index (χ4v) is 5.39. The number of para-hydroxylation sites is 2. The van der Waals surface area contributed by atoms with E-state index in [2.05, 4.69) is 15.2 Å². The SMILES string of the molecule is COCCOCCOCC(=O)N1CCC(c2nc(C(=O)Nc3ccccc3N3CCOCC3)cs2)CC1. The number of likely N-dealkylation sites (tertiary alicyclic amines) is 1. The van der Waals surface area contributed by atoms with Crippen molar-refractivity contribution in [1.82, 2.24) is 9.88 Å². The molecule has 2 amide bonds. The first-order valence-corrected chi connectivity index (χ1v) is 13.6. The van der Waals surface area contributed by atoms with Crippen molar-refractivity contribution in [3.63, 3.8) is 0 Å². The van der Waals surface area contributed by atoms with E-state index in [1.54, 1.807) is 7.11 Å². The van der Waals surface area contributed by atoms with Crippen LogP contribution in [0.2, 0.25) is 0 Å². The monoisotopic (exact) mass is 532 g/mol. The van der Waals surface area contributed by atoms with Crippen LogP contribution in [-0.2, 0) is 23.7 Å². The van der Waals surface area contributed by atoms with Gasteiger partial charge in [-0.15, -0.1) is 11.3 Å². The number of rotatable bonds is 12.